The lowest BCUT2D eigenvalue weighted by molar-refractivity contribution is -0.111. The molecular weight excluding hydrogens is 575 g/mol. The van der Waals surface area contributed by atoms with Gasteiger partial charge in [-0.05, 0) is 35.8 Å². The summed E-state index contributed by atoms with van der Waals surface area (Å²) in [4.78, 5) is 21.2. The summed E-state index contributed by atoms with van der Waals surface area (Å²) in [5.74, 6) is -2.33. The number of hydrogen-bond donors (Lipinski definition) is 3. The van der Waals surface area contributed by atoms with Gasteiger partial charge in [-0.25, -0.2) is 13.8 Å². The number of para-hydroxylation sites is 1. The number of rotatable bonds is 8. The van der Waals surface area contributed by atoms with Crippen molar-refractivity contribution in [1.82, 2.24) is 5.32 Å². The van der Waals surface area contributed by atoms with Crippen molar-refractivity contribution in [1.29, 1.82) is 0 Å². The Kier molecular flexibility index (Phi) is 9.04. The van der Waals surface area contributed by atoms with Crippen molar-refractivity contribution in [2.24, 2.45) is 9.98 Å². The molecule has 1 aliphatic heterocycles. The van der Waals surface area contributed by atoms with Crippen LogP contribution in [0.1, 0.15) is 30.4 Å². The van der Waals surface area contributed by atoms with Crippen molar-refractivity contribution >= 4 is 57.7 Å². The number of benzene rings is 2. The van der Waals surface area contributed by atoms with Crippen LogP contribution in [-0.4, -0.2) is 43.6 Å². The third-order valence-corrected chi connectivity index (χ3v) is 7.44. The zero-order chi connectivity index (χ0) is 29.9. The van der Waals surface area contributed by atoms with Crippen LogP contribution in [0.3, 0.4) is 0 Å². The minimum Gasteiger partial charge on any atom is -0.495 e. The van der Waals surface area contributed by atoms with Crippen LogP contribution >= 0.6 is 23.2 Å². The van der Waals surface area contributed by atoms with E-state index in [-0.39, 0.29) is 41.7 Å². The van der Waals surface area contributed by atoms with Gasteiger partial charge >= 0.3 is 0 Å². The molecule has 2 aliphatic rings. The van der Waals surface area contributed by atoms with Gasteiger partial charge in [-0.1, -0.05) is 48.5 Å². The largest absolute Gasteiger partial charge is 0.495 e. The molecule has 1 atom stereocenters. The minimum absolute atomic E-state index is 0.0944. The van der Waals surface area contributed by atoms with E-state index in [1.165, 1.54) is 14.2 Å². The molecule has 1 unspecified atom stereocenters. The summed E-state index contributed by atoms with van der Waals surface area (Å²) < 4.78 is 38.9. The second kappa shape index (κ2) is 12.3. The summed E-state index contributed by atoms with van der Waals surface area (Å²) >= 11 is 13.3. The zero-order valence-electron chi connectivity index (χ0n) is 22.5. The molecule has 2 aromatic rings. The molecule has 4 rings (SSSR count). The molecule has 1 saturated carbocycles. The average Bonchev–Trinajstić information content (AvgIpc) is 3.28. The average molecular weight is 604 g/mol. The van der Waals surface area contributed by atoms with Crippen molar-refractivity contribution in [3.63, 3.8) is 0 Å². The molecule has 1 aliphatic carbocycles. The first-order valence-electron chi connectivity index (χ1n) is 12.6. The Bertz CT molecular complexity index is 1480. The van der Waals surface area contributed by atoms with Crippen LogP contribution in [-0.2, 0) is 11.3 Å². The van der Waals surface area contributed by atoms with Crippen LogP contribution in [0.5, 0.6) is 11.5 Å². The molecule has 0 bridgehead atoms. The van der Waals surface area contributed by atoms with Gasteiger partial charge in [0.1, 0.15) is 17.2 Å². The van der Waals surface area contributed by atoms with Gasteiger partial charge in [-0.3, -0.25) is 9.79 Å². The number of amides is 1. The van der Waals surface area contributed by atoms with Crippen LogP contribution in [0.4, 0.5) is 20.2 Å². The molecule has 0 aromatic heterocycles. The number of alkyl halides is 2. The van der Waals surface area contributed by atoms with E-state index in [0.717, 1.165) is 6.08 Å². The molecule has 12 heteroatoms. The summed E-state index contributed by atoms with van der Waals surface area (Å²) in [6, 6.07) is 6.16. The number of hydrogen-bond acceptors (Lipinski definition) is 7. The quantitative estimate of drug-likeness (QED) is 0.237. The Labute approximate surface area is 246 Å². The van der Waals surface area contributed by atoms with E-state index in [2.05, 4.69) is 23.8 Å². The molecule has 0 saturated heterocycles. The number of nitrogens with two attached hydrogens (primary N) is 1. The van der Waals surface area contributed by atoms with Crippen LogP contribution < -0.4 is 25.8 Å². The van der Waals surface area contributed by atoms with Gasteiger partial charge in [0.2, 0.25) is 11.8 Å². The third kappa shape index (κ3) is 6.55. The van der Waals surface area contributed by atoms with Crippen LogP contribution in [0.15, 0.2) is 65.1 Å². The Balaban J connectivity index is 1.75. The number of carbonyl (C=O) groups is 1. The summed E-state index contributed by atoms with van der Waals surface area (Å²) in [7, 11) is 2.91. The fourth-order valence-corrected chi connectivity index (χ4v) is 5.28. The van der Waals surface area contributed by atoms with Crippen molar-refractivity contribution in [3.8, 4) is 11.5 Å². The minimum atomic E-state index is -2.78. The summed E-state index contributed by atoms with van der Waals surface area (Å²) in [5, 5.41) is 6.18. The second-order valence-electron chi connectivity index (χ2n) is 9.48. The summed E-state index contributed by atoms with van der Waals surface area (Å²) in [5.41, 5.74) is 9.08. The SMILES string of the molecule is C=CC(=O)Nc1cccc(C/N=C2/C(=C)C=C(c3c(Cl)c(OC)cc(OC)c3Cl)N=C2NC2CCC(F)(F)C2)c1N. The first-order chi connectivity index (χ1) is 19.5. The number of anilines is 2. The fourth-order valence-electron chi connectivity index (χ4n) is 4.58. The highest BCUT2D eigenvalue weighted by Crippen LogP contribution is 2.45. The summed E-state index contributed by atoms with van der Waals surface area (Å²) in [6.45, 7) is 7.69. The first kappa shape index (κ1) is 30.1. The van der Waals surface area contributed by atoms with Crippen molar-refractivity contribution in [3.05, 3.63) is 76.3 Å². The fraction of sp³-hybridized carbons (Fsp3) is 0.276. The van der Waals surface area contributed by atoms with Crippen molar-refractivity contribution < 1.29 is 23.0 Å². The highest BCUT2D eigenvalue weighted by molar-refractivity contribution is 6.50. The normalized spacial score (nSPS) is 18.9. The summed E-state index contributed by atoms with van der Waals surface area (Å²) in [6.07, 6.45) is 2.44. The topological polar surface area (TPSA) is 110 Å². The number of halogens is 4. The molecule has 4 N–H and O–H groups in total. The van der Waals surface area contributed by atoms with Gasteiger partial charge in [0.05, 0.1) is 47.9 Å². The lowest BCUT2D eigenvalue weighted by atomic mass is 10.0. The van der Waals surface area contributed by atoms with E-state index >= 15 is 0 Å². The number of nitrogens with one attached hydrogen (secondary N) is 2. The molecule has 1 heterocycles. The van der Waals surface area contributed by atoms with Crippen LogP contribution in [0.25, 0.3) is 5.70 Å². The zero-order valence-corrected chi connectivity index (χ0v) is 24.0. The van der Waals surface area contributed by atoms with E-state index in [1.54, 1.807) is 30.3 Å². The Morgan fingerprint density at radius 1 is 1.27 bits per heavy atom. The van der Waals surface area contributed by atoms with E-state index < -0.39 is 17.9 Å². The molecule has 0 radical (unpaired) electrons. The maximum absolute atomic E-state index is 14.1. The lowest BCUT2D eigenvalue weighted by Gasteiger charge is -2.23. The molecule has 1 fully saturated rings. The molecule has 0 spiro atoms. The molecule has 1 amide bonds. The maximum Gasteiger partial charge on any atom is 0.250 e. The van der Waals surface area contributed by atoms with Gasteiger partial charge in [-0.15, -0.1) is 0 Å². The Morgan fingerprint density at radius 3 is 2.54 bits per heavy atom. The van der Waals surface area contributed by atoms with E-state index in [4.69, 9.17) is 48.4 Å². The Morgan fingerprint density at radius 2 is 1.95 bits per heavy atom. The smallest absolute Gasteiger partial charge is 0.250 e. The lowest BCUT2D eigenvalue weighted by Crippen LogP contribution is -2.40. The van der Waals surface area contributed by atoms with Gasteiger partial charge < -0.3 is 25.8 Å². The standard InChI is InChI=1S/C29H29Cl2F2N5O3/c1-5-22(39)37-18-8-6-7-16(26(18)34)14-35-27-15(2)11-19(38-28(27)36-17-9-10-29(32,33)13-17)23-24(30)20(40-3)12-21(41-4)25(23)31/h5-8,11-12,17H,1-2,9-10,13-14,34H2,3-4H3,(H,36,38)(H,37,39)/b35-27-. The number of allylic oxidation sites excluding steroid dienone is 1. The highest BCUT2D eigenvalue weighted by Gasteiger charge is 2.40. The number of nitrogens with zero attached hydrogens (tertiary/aromatic N) is 2. The number of methoxy groups -OCH3 is 2. The molecule has 216 valence electrons. The van der Waals surface area contributed by atoms with E-state index in [1.807, 2.05) is 0 Å². The van der Waals surface area contributed by atoms with Crippen molar-refractivity contribution in [2.75, 3.05) is 25.3 Å². The highest BCUT2D eigenvalue weighted by atomic mass is 35.5. The predicted octanol–water partition coefficient (Wildman–Crippen LogP) is 6.45. The van der Waals surface area contributed by atoms with E-state index in [9.17, 15) is 13.6 Å². The number of nitrogen functional groups attached to an aromatic ring is 1. The van der Waals surface area contributed by atoms with Gasteiger partial charge in [0, 0.05) is 30.5 Å². The van der Waals surface area contributed by atoms with Crippen molar-refractivity contribution in [2.45, 2.75) is 37.8 Å². The number of ether oxygens (including phenoxy) is 2. The van der Waals surface area contributed by atoms with Gasteiger partial charge in [0.15, 0.2) is 5.84 Å². The van der Waals surface area contributed by atoms with Crippen LogP contribution in [0.2, 0.25) is 10.0 Å². The van der Waals surface area contributed by atoms with E-state index in [0.29, 0.717) is 51.0 Å². The number of amidine groups is 1. The third-order valence-electron chi connectivity index (χ3n) is 6.69. The van der Waals surface area contributed by atoms with Gasteiger partial charge in [-0.2, -0.15) is 0 Å². The molecule has 8 nitrogen and oxygen atoms in total. The predicted molar refractivity (Wildman–Crippen MR) is 161 cm³/mol. The number of aliphatic imine (C=N–C) groups is 2. The Hall–Kier alpha value is -3.89. The second-order valence-corrected chi connectivity index (χ2v) is 10.2. The van der Waals surface area contributed by atoms with Gasteiger partial charge in [0.25, 0.3) is 0 Å². The van der Waals surface area contributed by atoms with Crippen LogP contribution in [0, 0.1) is 0 Å². The monoisotopic (exact) mass is 603 g/mol. The molecule has 2 aromatic carbocycles. The molecule has 41 heavy (non-hydrogen) atoms. The maximum atomic E-state index is 14.1. The first-order valence-corrected chi connectivity index (χ1v) is 13.3. The molecular formula is C29H29Cl2F2N5O3. The number of carbonyl (C=O) groups excluding carboxylic acids is 1.